The second-order valence-corrected chi connectivity index (χ2v) is 24.3. The molecule has 0 aliphatic heterocycles. The Morgan fingerprint density at radius 2 is 0.516 bits per heavy atom. The van der Waals surface area contributed by atoms with Gasteiger partial charge in [-0.25, -0.2) is 0 Å². The molecule has 0 saturated heterocycles. The molecule has 0 heterocycles. The molecule has 0 aromatic carbocycles. The van der Waals surface area contributed by atoms with Crippen molar-refractivity contribution in [1.82, 2.24) is 0 Å². The van der Waals surface area contributed by atoms with Crippen molar-refractivity contribution in [3.05, 3.63) is 0 Å². The number of nitriles is 2. The van der Waals surface area contributed by atoms with Gasteiger partial charge in [0.2, 0.25) is 0 Å². The summed E-state index contributed by atoms with van der Waals surface area (Å²) in [6.45, 7) is 10.9. The van der Waals surface area contributed by atoms with E-state index in [2.05, 4.69) is 15.1 Å². The van der Waals surface area contributed by atoms with Crippen LogP contribution in [-0.4, -0.2) is 131 Å². The fourth-order valence-electron chi connectivity index (χ4n) is 5.31. The molecule has 0 N–H and O–H groups in total. The van der Waals surface area contributed by atoms with Crippen LogP contribution in [0.2, 0.25) is 0 Å². The summed E-state index contributed by atoms with van der Waals surface area (Å²) >= 11 is 2.66. The fourth-order valence-corrected chi connectivity index (χ4v) is 15.1. The molecule has 1 saturated carbocycles. The normalized spacial score (nSPS) is 21.4. The number of hydrogen-bond donors (Lipinski definition) is 0. The Bertz CT molecular complexity index is 1590. The fraction of sp³-hybridized carbons (Fsp3) is 0.938. The van der Waals surface area contributed by atoms with Gasteiger partial charge >= 0.3 is 385 Å². The van der Waals surface area contributed by atoms with E-state index in [1.165, 1.54) is 69.2 Å². The van der Waals surface area contributed by atoms with Crippen molar-refractivity contribution in [1.29, 1.82) is 10.5 Å². The summed E-state index contributed by atoms with van der Waals surface area (Å²) in [7, 11) is -24.4. The monoisotopic (exact) mass is 1110 g/mol. The second-order valence-electron chi connectivity index (χ2n) is 11.8. The summed E-state index contributed by atoms with van der Waals surface area (Å²) < 4.78 is 177. The van der Waals surface area contributed by atoms with E-state index >= 15 is 0 Å². The Labute approximate surface area is 384 Å². The number of phosphoric acid groups is 5. The number of hydrogen-bond acceptors (Lipinski definition) is 25. The van der Waals surface area contributed by atoms with Gasteiger partial charge in [-0.15, -0.1) is 0 Å². The summed E-state index contributed by atoms with van der Waals surface area (Å²) in [5.41, 5.74) is 0. The van der Waals surface area contributed by atoms with E-state index in [-0.39, 0.29) is 92.1 Å². The molecule has 32 heteroatoms. The molecule has 0 aromatic heterocycles. The number of rotatable bonds is 38. The molecular weight excluding hydrogens is 1050 g/mol. The van der Waals surface area contributed by atoms with Crippen molar-refractivity contribution in [2.75, 3.05) is 79.3 Å². The van der Waals surface area contributed by atoms with E-state index in [0.29, 0.717) is 0 Å². The molecule has 1 aliphatic rings. The van der Waals surface area contributed by atoms with Crippen molar-refractivity contribution in [2.45, 2.75) is 119 Å². The first-order valence-electron chi connectivity index (χ1n) is 20.5. The Hall–Kier alpha value is 0.359. The minimum atomic E-state index is -4.89. The van der Waals surface area contributed by atoms with Gasteiger partial charge in [0, 0.05) is 0 Å². The van der Waals surface area contributed by atoms with E-state index < -0.39 is 81.9 Å². The third-order valence-corrected chi connectivity index (χ3v) is 18.9. The Morgan fingerprint density at radius 3 is 0.672 bits per heavy atom. The number of phosphoric ester groups is 5. The van der Waals surface area contributed by atoms with Crippen LogP contribution in [0.5, 0.6) is 0 Å². The van der Waals surface area contributed by atoms with E-state index in [4.69, 9.17) is 81.4 Å². The maximum atomic E-state index is 14.6. The first kappa shape index (κ1) is 62.4. The Morgan fingerprint density at radius 1 is 0.344 bits per heavy atom. The van der Waals surface area contributed by atoms with Gasteiger partial charge in [0.15, 0.2) is 0 Å². The predicted molar refractivity (Wildman–Crippen MR) is 229 cm³/mol. The Kier molecular flexibility index (Phi) is 30.8. The summed E-state index contributed by atoms with van der Waals surface area (Å²) in [6, 6.07) is 3.82. The van der Waals surface area contributed by atoms with Gasteiger partial charge in [0.05, 0.1) is 0 Å². The van der Waals surface area contributed by atoms with Crippen LogP contribution in [0.25, 0.3) is 0 Å². The maximum absolute atomic E-state index is 14.6. The van der Waals surface area contributed by atoms with Gasteiger partial charge in [0.1, 0.15) is 0 Å². The van der Waals surface area contributed by atoms with Crippen LogP contribution >= 0.6 is 45.3 Å². The van der Waals surface area contributed by atoms with Crippen LogP contribution in [0.3, 0.4) is 0 Å². The van der Waals surface area contributed by atoms with Gasteiger partial charge in [-0.2, -0.15) is 0 Å². The van der Waals surface area contributed by atoms with Crippen LogP contribution in [0.1, 0.15) is 82.1 Å². The van der Waals surface area contributed by atoms with Gasteiger partial charge in [0.25, 0.3) is 0 Å². The zero-order valence-corrected chi connectivity index (χ0v) is 44.8. The van der Waals surface area contributed by atoms with Crippen molar-refractivity contribution in [3.8, 4) is 12.1 Å². The van der Waals surface area contributed by atoms with Gasteiger partial charge < -0.3 is 0 Å². The van der Waals surface area contributed by atoms with Gasteiger partial charge in [-0.1, -0.05) is 0 Å². The molecule has 0 aromatic rings. The van der Waals surface area contributed by atoms with Crippen molar-refractivity contribution in [3.63, 3.8) is 0 Å². The first-order chi connectivity index (χ1) is 30.3. The SMILES string of the molecule is CCOP(=O)(OCC)OC1[C@@H](OP(=O)(OCC)OCC)[C@@H](OP(=O)(OCC)OCC)C(OP(=[Se])(OCCC#N)OCCC#N)[C@H](OP(=O)(OCC)OCC)[C@H]1OP(=O)(OCC)OCC. The standard InChI is InChI=1S/C32H64N2O23P6Se/c1-11-40-58(35,41-12-2)52-27-28(53-59(36,42-13-3)43-14-4)30(55-61(38,46-17-7)47-18-8)32(57-63(64,50-25-21-23-33)51-26-22-24-34)31(56-62(39,48-19-9)49-20-10)29(27)54-60(37,44-15-5)45-16-6/h27-32H,11-22,25-26H2,1-10H3/t27?,28-,29+,30-,31-,32?/m1/s1. The molecule has 25 nitrogen and oxygen atoms in total. The van der Waals surface area contributed by atoms with Crippen LogP contribution in [0, 0.1) is 22.7 Å². The molecule has 0 radical (unpaired) electrons. The molecule has 0 bridgehead atoms. The summed E-state index contributed by atoms with van der Waals surface area (Å²) in [5, 5.41) is 18.8. The van der Waals surface area contributed by atoms with Crippen molar-refractivity contribution < 1.29 is 104 Å². The predicted octanol–water partition coefficient (Wildman–Crippen LogP) is 8.92. The van der Waals surface area contributed by atoms with E-state index in [1.807, 2.05) is 12.1 Å². The topological polar surface area (TPSA) is 299 Å². The average molecular weight is 1110 g/mol. The van der Waals surface area contributed by atoms with E-state index in [9.17, 15) is 33.3 Å². The third kappa shape index (κ3) is 20.8. The van der Waals surface area contributed by atoms with E-state index in [1.54, 1.807) is 0 Å². The van der Waals surface area contributed by atoms with Gasteiger partial charge in [-0.3, -0.25) is 0 Å². The average Bonchev–Trinajstić information content (AvgIpc) is 3.20. The quantitative estimate of drug-likeness (QED) is 0.0316. The molecule has 1 aliphatic carbocycles. The van der Waals surface area contributed by atoms with Crippen molar-refractivity contribution >= 4 is 60.4 Å². The van der Waals surface area contributed by atoms with Crippen LogP contribution in [0.4, 0.5) is 0 Å². The number of nitrogens with zero attached hydrogens (tertiary/aromatic N) is 2. The molecule has 1 rings (SSSR count). The molecule has 1 fully saturated rings. The van der Waals surface area contributed by atoms with Crippen LogP contribution in [0.15, 0.2) is 0 Å². The molecule has 6 atom stereocenters. The van der Waals surface area contributed by atoms with Crippen LogP contribution < -0.4 is 0 Å². The zero-order chi connectivity index (χ0) is 48.5. The molecule has 2 unspecified atom stereocenters. The summed E-state index contributed by atoms with van der Waals surface area (Å²) in [6.07, 6.45) is -17.8. The molecule has 376 valence electrons. The van der Waals surface area contributed by atoms with E-state index in [0.717, 1.165) is 0 Å². The molecule has 0 amide bonds. The zero-order valence-electron chi connectivity index (χ0n) is 37.7. The van der Waals surface area contributed by atoms with Crippen LogP contribution in [-0.2, 0) is 104 Å². The van der Waals surface area contributed by atoms with Crippen molar-refractivity contribution in [2.24, 2.45) is 0 Å². The summed E-state index contributed by atoms with van der Waals surface area (Å²) in [4.78, 5) is 0. The summed E-state index contributed by atoms with van der Waals surface area (Å²) in [5.74, 6) is 0. The first-order valence-corrected chi connectivity index (χ1v) is 31.5. The molecule has 0 spiro atoms. The molecule has 64 heavy (non-hydrogen) atoms. The van der Waals surface area contributed by atoms with Gasteiger partial charge in [-0.05, 0) is 0 Å². The third-order valence-electron chi connectivity index (χ3n) is 7.25. The second kappa shape index (κ2) is 31.6. The Balaban J connectivity index is 4.91. The minimum absolute atomic E-state index is 0.220. The molecular formula is C32H64N2O23P6Se.